The molecule has 0 aromatic heterocycles. The van der Waals surface area contributed by atoms with E-state index in [0.717, 1.165) is 24.1 Å². The molecule has 7 heteroatoms. The van der Waals surface area contributed by atoms with Crippen LogP contribution in [0.2, 0.25) is 0 Å². The largest absolute Gasteiger partial charge is 0.465 e. The lowest BCUT2D eigenvalue weighted by Gasteiger charge is -2.20. The molecule has 0 saturated carbocycles. The number of rotatable bonds is 5. The second kappa shape index (κ2) is 6.23. The van der Waals surface area contributed by atoms with E-state index in [1.54, 1.807) is 13.0 Å². The summed E-state index contributed by atoms with van der Waals surface area (Å²) in [5.41, 5.74) is 2.59. The molecule has 0 atom stereocenters. The topological polar surface area (TPSA) is 84.5 Å². The number of carbonyl (C=O) groups excluding carboxylic acids is 1. The van der Waals surface area contributed by atoms with Crippen LogP contribution < -0.4 is 10.0 Å². The summed E-state index contributed by atoms with van der Waals surface area (Å²) in [7, 11) is -3.74. The Kier molecular flexibility index (Phi) is 4.61. The van der Waals surface area contributed by atoms with Crippen LogP contribution in [-0.2, 0) is 32.5 Å². The van der Waals surface area contributed by atoms with Gasteiger partial charge in [-0.3, -0.25) is 9.52 Å². The van der Waals surface area contributed by atoms with Crippen molar-refractivity contribution >= 4 is 21.7 Å². The molecule has 6 nitrogen and oxygen atoms in total. The van der Waals surface area contributed by atoms with Crippen molar-refractivity contribution in [1.82, 2.24) is 5.32 Å². The third kappa shape index (κ3) is 3.71. The van der Waals surface area contributed by atoms with E-state index in [1.165, 1.54) is 0 Å². The SMILES string of the molecule is CCOC(=O)CS(=O)(=O)Nc1cccc2c1CNCC2. The van der Waals surface area contributed by atoms with Crippen LogP contribution in [0.3, 0.4) is 0 Å². The minimum absolute atomic E-state index is 0.166. The summed E-state index contributed by atoms with van der Waals surface area (Å²) in [6.07, 6.45) is 0.864. The van der Waals surface area contributed by atoms with Gasteiger partial charge in [-0.1, -0.05) is 12.1 Å². The zero-order valence-electron chi connectivity index (χ0n) is 11.3. The second-order valence-electron chi connectivity index (χ2n) is 4.54. The van der Waals surface area contributed by atoms with Gasteiger partial charge in [-0.2, -0.15) is 0 Å². The Labute approximate surface area is 118 Å². The van der Waals surface area contributed by atoms with Crippen LogP contribution in [0.4, 0.5) is 5.69 Å². The molecule has 0 amide bonds. The maximum atomic E-state index is 11.9. The number of fused-ring (bicyclic) bond motifs is 1. The summed E-state index contributed by atoms with van der Waals surface area (Å²) in [5.74, 6) is -1.42. The smallest absolute Gasteiger partial charge is 0.323 e. The monoisotopic (exact) mass is 298 g/mol. The molecule has 2 N–H and O–H groups in total. The van der Waals surface area contributed by atoms with Crippen LogP contribution >= 0.6 is 0 Å². The first-order valence-corrected chi connectivity index (χ1v) is 8.14. The lowest BCUT2D eigenvalue weighted by Crippen LogP contribution is -2.28. The highest BCUT2D eigenvalue weighted by Crippen LogP contribution is 2.23. The number of hydrogen-bond acceptors (Lipinski definition) is 5. The minimum Gasteiger partial charge on any atom is -0.465 e. The van der Waals surface area contributed by atoms with E-state index in [-0.39, 0.29) is 6.61 Å². The molecule has 1 aromatic carbocycles. The fourth-order valence-corrected chi connectivity index (χ4v) is 3.16. The highest BCUT2D eigenvalue weighted by atomic mass is 32.2. The van der Waals surface area contributed by atoms with Crippen molar-refractivity contribution in [2.75, 3.05) is 23.6 Å². The van der Waals surface area contributed by atoms with Crippen molar-refractivity contribution in [2.45, 2.75) is 19.9 Å². The quantitative estimate of drug-likeness (QED) is 0.779. The van der Waals surface area contributed by atoms with Gasteiger partial charge in [0.2, 0.25) is 10.0 Å². The number of ether oxygens (including phenoxy) is 1. The molecule has 2 rings (SSSR count). The predicted octanol–water partition coefficient (Wildman–Crippen LogP) is 0.637. The number of esters is 1. The molecule has 0 saturated heterocycles. The fraction of sp³-hybridized carbons (Fsp3) is 0.462. The van der Waals surface area contributed by atoms with Gasteiger partial charge >= 0.3 is 5.97 Å². The lowest BCUT2D eigenvalue weighted by molar-refractivity contribution is -0.139. The standard InChI is InChI=1S/C13H18N2O4S/c1-2-19-13(16)9-20(17,18)15-12-5-3-4-10-6-7-14-8-11(10)12/h3-5,14-15H,2,6-9H2,1H3. The molecule has 1 aromatic rings. The van der Waals surface area contributed by atoms with Gasteiger partial charge in [-0.25, -0.2) is 8.42 Å². The van der Waals surface area contributed by atoms with Crippen LogP contribution in [0.15, 0.2) is 18.2 Å². The average Bonchev–Trinajstić information content (AvgIpc) is 2.38. The van der Waals surface area contributed by atoms with Gasteiger partial charge in [0.15, 0.2) is 5.75 Å². The Hall–Kier alpha value is -1.60. The molecule has 0 radical (unpaired) electrons. The Morgan fingerprint density at radius 1 is 1.45 bits per heavy atom. The van der Waals surface area contributed by atoms with Crippen molar-refractivity contribution in [1.29, 1.82) is 0 Å². The molecule has 0 spiro atoms. The predicted molar refractivity (Wildman–Crippen MR) is 75.9 cm³/mol. The van der Waals surface area contributed by atoms with E-state index < -0.39 is 21.7 Å². The van der Waals surface area contributed by atoms with Crippen LogP contribution in [0.25, 0.3) is 0 Å². The number of hydrogen-bond donors (Lipinski definition) is 2. The van der Waals surface area contributed by atoms with E-state index in [0.29, 0.717) is 12.2 Å². The fourth-order valence-electron chi connectivity index (χ4n) is 2.17. The van der Waals surface area contributed by atoms with Gasteiger partial charge in [-0.05, 0) is 37.1 Å². The Morgan fingerprint density at radius 3 is 3.00 bits per heavy atom. The van der Waals surface area contributed by atoms with Gasteiger partial charge in [0.25, 0.3) is 0 Å². The van der Waals surface area contributed by atoms with Gasteiger partial charge < -0.3 is 10.1 Å². The Balaban J connectivity index is 2.15. The van der Waals surface area contributed by atoms with Crippen molar-refractivity contribution in [3.05, 3.63) is 29.3 Å². The van der Waals surface area contributed by atoms with E-state index in [4.69, 9.17) is 0 Å². The van der Waals surface area contributed by atoms with Crippen molar-refractivity contribution in [3.63, 3.8) is 0 Å². The van der Waals surface area contributed by atoms with Gasteiger partial charge in [0.1, 0.15) is 0 Å². The summed E-state index contributed by atoms with van der Waals surface area (Å²) in [6, 6.07) is 5.50. The molecule has 110 valence electrons. The van der Waals surface area contributed by atoms with Crippen LogP contribution in [0, 0.1) is 0 Å². The highest BCUT2D eigenvalue weighted by molar-refractivity contribution is 7.93. The van der Waals surface area contributed by atoms with E-state index in [2.05, 4.69) is 14.8 Å². The van der Waals surface area contributed by atoms with Crippen LogP contribution in [-0.4, -0.2) is 33.3 Å². The molecular weight excluding hydrogens is 280 g/mol. The number of sulfonamides is 1. The number of nitrogens with one attached hydrogen (secondary N) is 2. The molecule has 0 unspecified atom stereocenters. The molecule has 0 fully saturated rings. The first-order chi connectivity index (χ1) is 9.52. The normalized spacial score (nSPS) is 14.4. The van der Waals surface area contributed by atoms with Crippen molar-refractivity contribution in [3.8, 4) is 0 Å². The van der Waals surface area contributed by atoms with Crippen molar-refractivity contribution < 1.29 is 17.9 Å². The van der Waals surface area contributed by atoms with E-state index in [9.17, 15) is 13.2 Å². The maximum absolute atomic E-state index is 11.9. The number of anilines is 1. The average molecular weight is 298 g/mol. The van der Waals surface area contributed by atoms with Gasteiger partial charge in [0, 0.05) is 6.54 Å². The highest BCUT2D eigenvalue weighted by Gasteiger charge is 2.20. The molecule has 20 heavy (non-hydrogen) atoms. The van der Waals surface area contributed by atoms with E-state index >= 15 is 0 Å². The lowest BCUT2D eigenvalue weighted by atomic mass is 10.00. The summed E-state index contributed by atoms with van der Waals surface area (Å²) < 4.78 is 31.0. The molecule has 1 aliphatic heterocycles. The third-order valence-corrected chi connectivity index (χ3v) is 4.17. The summed E-state index contributed by atoms with van der Waals surface area (Å²) >= 11 is 0. The van der Waals surface area contributed by atoms with Gasteiger partial charge in [-0.15, -0.1) is 0 Å². The molecule has 0 aliphatic carbocycles. The van der Waals surface area contributed by atoms with Crippen molar-refractivity contribution in [2.24, 2.45) is 0 Å². The molecule has 1 heterocycles. The Bertz CT molecular complexity index is 598. The number of benzene rings is 1. The van der Waals surface area contributed by atoms with Crippen LogP contribution in [0.5, 0.6) is 0 Å². The van der Waals surface area contributed by atoms with Crippen LogP contribution in [0.1, 0.15) is 18.1 Å². The Morgan fingerprint density at radius 2 is 2.25 bits per heavy atom. The zero-order chi connectivity index (χ0) is 14.6. The first-order valence-electron chi connectivity index (χ1n) is 6.49. The van der Waals surface area contributed by atoms with E-state index in [1.807, 2.05) is 12.1 Å². The maximum Gasteiger partial charge on any atom is 0.323 e. The third-order valence-electron chi connectivity index (χ3n) is 3.02. The first kappa shape index (κ1) is 14.8. The minimum atomic E-state index is -3.74. The summed E-state index contributed by atoms with van der Waals surface area (Å²) in [4.78, 5) is 11.3. The molecule has 0 bridgehead atoms. The molecule has 1 aliphatic rings. The molecular formula is C13H18N2O4S. The summed E-state index contributed by atoms with van der Waals surface area (Å²) in [5, 5.41) is 3.20. The van der Waals surface area contributed by atoms with Gasteiger partial charge in [0.05, 0.1) is 12.3 Å². The second-order valence-corrected chi connectivity index (χ2v) is 6.26. The zero-order valence-corrected chi connectivity index (χ0v) is 12.1. The number of carbonyl (C=O) groups is 1. The summed E-state index contributed by atoms with van der Waals surface area (Å²) in [6.45, 7) is 3.30.